The quantitative estimate of drug-likeness (QED) is 0.776. The van der Waals surface area contributed by atoms with Gasteiger partial charge in [0.05, 0.1) is 28.0 Å². The van der Waals surface area contributed by atoms with Crippen LogP contribution >= 0.6 is 11.3 Å². The van der Waals surface area contributed by atoms with Crippen molar-refractivity contribution in [3.63, 3.8) is 0 Å². The number of nitrogens with one attached hydrogen (secondary N) is 1. The fourth-order valence-corrected chi connectivity index (χ4v) is 3.14. The maximum Gasteiger partial charge on any atom is 0.0897 e. The second-order valence-electron chi connectivity index (χ2n) is 5.10. The van der Waals surface area contributed by atoms with Gasteiger partial charge in [-0.25, -0.2) is 4.98 Å². The predicted octanol–water partition coefficient (Wildman–Crippen LogP) is 3.89. The van der Waals surface area contributed by atoms with E-state index in [9.17, 15) is 0 Å². The molecule has 0 amide bonds. The lowest BCUT2D eigenvalue weighted by molar-refractivity contribution is 0.533. The smallest absolute Gasteiger partial charge is 0.0897 e. The maximum atomic E-state index is 4.81. The summed E-state index contributed by atoms with van der Waals surface area (Å²) >= 11 is 1.70. The van der Waals surface area contributed by atoms with Gasteiger partial charge < -0.3 is 5.32 Å². The third-order valence-electron chi connectivity index (χ3n) is 3.51. The van der Waals surface area contributed by atoms with Gasteiger partial charge in [0.1, 0.15) is 0 Å². The van der Waals surface area contributed by atoms with Crippen LogP contribution in [-0.4, -0.2) is 16.5 Å². The highest BCUT2D eigenvalue weighted by Gasteiger charge is 2.14. The number of benzene rings is 1. The van der Waals surface area contributed by atoms with Gasteiger partial charge in [-0.1, -0.05) is 31.2 Å². The Labute approximate surface area is 129 Å². The molecule has 0 aliphatic heterocycles. The zero-order chi connectivity index (χ0) is 14.7. The van der Waals surface area contributed by atoms with E-state index in [1.165, 1.54) is 5.39 Å². The molecule has 3 rings (SSSR count). The molecule has 1 N–H and O–H groups in total. The van der Waals surface area contributed by atoms with Crippen molar-refractivity contribution < 1.29 is 0 Å². The number of hydrogen-bond donors (Lipinski definition) is 1. The highest BCUT2D eigenvalue weighted by atomic mass is 32.1. The fraction of sp³-hybridized carbons (Fsp3) is 0.294. The van der Waals surface area contributed by atoms with E-state index in [1.54, 1.807) is 11.3 Å². The standard InChI is InChI=1S/C17H19N3S/c1-3-18-17(10-14-11-21-12(2)19-14)16-9-8-13-6-4-5-7-15(13)20-16/h4-9,11,17-18H,3,10H2,1-2H3. The number of nitrogens with zero attached hydrogens (tertiary/aromatic N) is 2. The predicted molar refractivity (Wildman–Crippen MR) is 88.7 cm³/mol. The molecule has 0 radical (unpaired) electrons. The monoisotopic (exact) mass is 297 g/mol. The van der Waals surface area contributed by atoms with Crippen LogP contribution in [0.4, 0.5) is 0 Å². The molecule has 3 nitrogen and oxygen atoms in total. The van der Waals surface area contributed by atoms with Crippen molar-refractivity contribution in [1.29, 1.82) is 0 Å². The van der Waals surface area contributed by atoms with Crippen LogP contribution in [0.15, 0.2) is 41.8 Å². The molecule has 0 aliphatic rings. The van der Waals surface area contributed by atoms with E-state index in [-0.39, 0.29) is 6.04 Å². The van der Waals surface area contributed by atoms with Crippen LogP contribution in [0.5, 0.6) is 0 Å². The van der Waals surface area contributed by atoms with Crippen LogP contribution in [0, 0.1) is 6.92 Å². The molecule has 0 aliphatic carbocycles. The Morgan fingerprint density at radius 1 is 1.14 bits per heavy atom. The molecule has 1 atom stereocenters. The number of fused-ring (bicyclic) bond motifs is 1. The van der Waals surface area contributed by atoms with E-state index in [0.29, 0.717) is 0 Å². The summed E-state index contributed by atoms with van der Waals surface area (Å²) in [6.07, 6.45) is 0.878. The van der Waals surface area contributed by atoms with Crippen LogP contribution < -0.4 is 5.32 Å². The summed E-state index contributed by atoms with van der Waals surface area (Å²) in [4.78, 5) is 9.38. The average Bonchev–Trinajstić information content (AvgIpc) is 2.91. The Hall–Kier alpha value is -1.78. The molecule has 2 heterocycles. The zero-order valence-electron chi connectivity index (χ0n) is 12.3. The third kappa shape index (κ3) is 3.28. The number of aryl methyl sites for hydroxylation is 1. The van der Waals surface area contributed by atoms with E-state index in [1.807, 2.05) is 19.1 Å². The van der Waals surface area contributed by atoms with Crippen LogP contribution in [0.25, 0.3) is 10.9 Å². The molecule has 3 aromatic rings. The first-order valence-corrected chi connectivity index (χ1v) is 8.14. The van der Waals surface area contributed by atoms with Gasteiger partial charge in [-0.3, -0.25) is 4.98 Å². The zero-order valence-corrected chi connectivity index (χ0v) is 13.2. The van der Waals surface area contributed by atoms with Crippen LogP contribution in [0.1, 0.15) is 29.4 Å². The lowest BCUT2D eigenvalue weighted by Gasteiger charge is -2.17. The molecule has 0 saturated carbocycles. The number of thiazole rings is 1. The van der Waals surface area contributed by atoms with Gasteiger partial charge in [-0.05, 0) is 25.6 Å². The van der Waals surface area contributed by atoms with Crippen LogP contribution in [0.2, 0.25) is 0 Å². The van der Waals surface area contributed by atoms with Gasteiger partial charge in [0.25, 0.3) is 0 Å². The van der Waals surface area contributed by atoms with E-state index in [2.05, 4.69) is 46.9 Å². The van der Waals surface area contributed by atoms with E-state index in [0.717, 1.165) is 34.9 Å². The Kier molecular flexibility index (Phi) is 4.27. The van der Waals surface area contributed by atoms with E-state index < -0.39 is 0 Å². The SMILES string of the molecule is CCNC(Cc1csc(C)n1)c1ccc2ccccc2n1. The molecule has 1 aromatic carbocycles. The molecule has 108 valence electrons. The summed E-state index contributed by atoms with van der Waals surface area (Å²) in [6.45, 7) is 5.09. The number of pyridine rings is 1. The molecule has 0 fully saturated rings. The first-order valence-electron chi connectivity index (χ1n) is 7.26. The first kappa shape index (κ1) is 14.2. The van der Waals surface area contributed by atoms with Crippen molar-refractivity contribution >= 4 is 22.2 Å². The highest BCUT2D eigenvalue weighted by molar-refractivity contribution is 7.09. The maximum absolute atomic E-state index is 4.81. The number of likely N-dealkylation sites (N-methyl/N-ethyl adjacent to an activating group) is 1. The van der Waals surface area contributed by atoms with Crippen molar-refractivity contribution in [2.24, 2.45) is 0 Å². The molecule has 2 aromatic heterocycles. The second kappa shape index (κ2) is 6.33. The Balaban J connectivity index is 1.90. The second-order valence-corrected chi connectivity index (χ2v) is 6.16. The average molecular weight is 297 g/mol. The van der Waals surface area contributed by atoms with Gasteiger partial charge >= 0.3 is 0 Å². The van der Waals surface area contributed by atoms with E-state index in [4.69, 9.17) is 4.98 Å². The molecule has 0 saturated heterocycles. The summed E-state index contributed by atoms with van der Waals surface area (Å²) in [5.74, 6) is 0. The Morgan fingerprint density at radius 2 is 2.00 bits per heavy atom. The minimum atomic E-state index is 0.209. The normalized spacial score (nSPS) is 12.7. The van der Waals surface area contributed by atoms with Crippen molar-refractivity contribution in [2.75, 3.05) is 6.54 Å². The van der Waals surface area contributed by atoms with Crippen molar-refractivity contribution in [3.8, 4) is 0 Å². The minimum absolute atomic E-state index is 0.209. The minimum Gasteiger partial charge on any atom is -0.309 e. The largest absolute Gasteiger partial charge is 0.309 e. The number of aromatic nitrogens is 2. The van der Waals surface area contributed by atoms with Crippen molar-refractivity contribution in [3.05, 3.63) is 58.2 Å². The molecule has 4 heteroatoms. The number of hydrogen-bond acceptors (Lipinski definition) is 4. The Morgan fingerprint density at radius 3 is 2.76 bits per heavy atom. The summed E-state index contributed by atoms with van der Waals surface area (Å²) in [5, 5.41) is 7.96. The molecule has 1 unspecified atom stereocenters. The van der Waals surface area contributed by atoms with Crippen molar-refractivity contribution in [1.82, 2.24) is 15.3 Å². The topological polar surface area (TPSA) is 37.8 Å². The number of rotatable bonds is 5. The number of para-hydroxylation sites is 1. The molecular formula is C17H19N3S. The highest BCUT2D eigenvalue weighted by Crippen LogP contribution is 2.21. The summed E-state index contributed by atoms with van der Waals surface area (Å²) in [6, 6.07) is 12.7. The summed E-state index contributed by atoms with van der Waals surface area (Å²) < 4.78 is 0. The van der Waals surface area contributed by atoms with Gasteiger partial charge in [-0.2, -0.15) is 0 Å². The van der Waals surface area contributed by atoms with Gasteiger partial charge in [0.2, 0.25) is 0 Å². The van der Waals surface area contributed by atoms with Gasteiger partial charge in [0, 0.05) is 17.2 Å². The van der Waals surface area contributed by atoms with Gasteiger partial charge in [-0.15, -0.1) is 11.3 Å². The molecule has 0 spiro atoms. The third-order valence-corrected chi connectivity index (χ3v) is 4.33. The lowest BCUT2D eigenvalue weighted by atomic mass is 10.1. The summed E-state index contributed by atoms with van der Waals surface area (Å²) in [7, 11) is 0. The summed E-state index contributed by atoms with van der Waals surface area (Å²) in [5.41, 5.74) is 3.27. The fourth-order valence-electron chi connectivity index (χ4n) is 2.51. The Bertz CT molecular complexity index is 735. The van der Waals surface area contributed by atoms with Crippen molar-refractivity contribution in [2.45, 2.75) is 26.3 Å². The molecular weight excluding hydrogens is 278 g/mol. The first-order chi connectivity index (χ1) is 10.3. The van der Waals surface area contributed by atoms with Crippen LogP contribution in [0.3, 0.4) is 0 Å². The van der Waals surface area contributed by atoms with E-state index >= 15 is 0 Å². The van der Waals surface area contributed by atoms with Crippen LogP contribution in [-0.2, 0) is 6.42 Å². The molecule has 21 heavy (non-hydrogen) atoms. The van der Waals surface area contributed by atoms with Gasteiger partial charge in [0.15, 0.2) is 0 Å². The lowest BCUT2D eigenvalue weighted by Crippen LogP contribution is -2.24. The molecule has 0 bridgehead atoms.